The third-order valence-electron chi connectivity index (χ3n) is 0.381. The minimum Gasteiger partial charge on any atom is -0.399 e. The van der Waals surface area contributed by atoms with Crippen molar-refractivity contribution in [1.29, 1.82) is 0 Å². The van der Waals surface area contributed by atoms with Gasteiger partial charge < -0.3 is 5.73 Å². The molecule has 0 unspecified atom stereocenters. The van der Waals surface area contributed by atoms with Crippen molar-refractivity contribution in [1.82, 2.24) is 0 Å². The molecule has 1 nitrogen and oxygen atoms in total. The van der Waals surface area contributed by atoms with Crippen LogP contribution in [0.3, 0.4) is 0 Å². The summed E-state index contributed by atoms with van der Waals surface area (Å²) in [6, 6.07) is 0. The monoisotopic (exact) mass is 83.1 g/mol. The van der Waals surface area contributed by atoms with Crippen LogP contribution in [0.4, 0.5) is 0 Å². The normalized spacial score (nSPS) is 9.50. The molecule has 0 radical (unpaired) electrons. The second kappa shape index (κ2) is 2.51. The lowest BCUT2D eigenvalue weighted by Gasteiger charge is -1.78. The van der Waals surface area contributed by atoms with Crippen LogP contribution in [-0.2, 0) is 0 Å². The Labute approximate surface area is 38.2 Å². The number of allylic oxidation sites excluding steroid dienone is 2. The van der Waals surface area contributed by atoms with E-state index < -0.39 is 0 Å². The van der Waals surface area contributed by atoms with Crippen molar-refractivity contribution in [2.24, 2.45) is 5.73 Å². The maximum atomic E-state index is 5.12. The molecule has 0 saturated heterocycles. The predicted molar refractivity (Wildman–Crippen MR) is 28.1 cm³/mol. The largest absolute Gasteiger partial charge is 0.399 e. The summed E-state index contributed by atoms with van der Waals surface area (Å²) in [6.45, 7) is 5.34. The molecule has 2 N–H and O–H groups in total. The summed E-state index contributed by atoms with van der Waals surface area (Å²) in [7, 11) is 0. The molecule has 0 amide bonds. The molecule has 0 bridgehead atoms. The molecule has 0 fully saturated rings. The van der Waals surface area contributed by atoms with Gasteiger partial charge in [-0.05, 0) is 13.0 Å². The molecule has 0 aliphatic carbocycles. The van der Waals surface area contributed by atoms with E-state index in [-0.39, 0.29) is 0 Å². The van der Waals surface area contributed by atoms with E-state index in [0.717, 1.165) is 0 Å². The van der Waals surface area contributed by atoms with Crippen LogP contribution >= 0.6 is 0 Å². The van der Waals surface area contributed by atoms with Gasteiger partial charge in [0.1, 0.15) is 0 Å². The summed E-state index contributed by atoms with van der Waals surface area (Å²) in [5, 5.41) is 0. The zero-order valence-electron chi connectivity index (χ0n) is 3.94. The van der Waals surface area contributed by atoms with E-state index in [4.69, 9.17) is 5.73 Å². The topological polar surface area (TPSA) is 26.0 Å². The second-order valence-electron chi connectivity index (χ2n) is 1.07. The maximum absolute atomic E-state index is 5.12. The van der Waals surface area contributed by atoms with E-state index >= 15 is 0 Å². The van der Waals surface area contributed by atoms with Crippen molar-refractivity contribution in [2.75, 3.05) is 0 Å². The maximum Gasteiger partial charge on any atom is 0.0237 e. The van der Waals surface area contributed by atoms with Crippen molar-refractivity contribution in [3.8, 4) is 0 Å². The Morgan fingerprint density at radius 1 is 1.83 bits per heavy atom. The molecule has 0 aromatic heterocycles. The van der Waals surface area contributed by atoms with Crippen molar-refractivity contribution in [3.63, 3.8) is 0 Å². The molecule has 6 heavy (non-hydrogen) atoms. The first kappa shape index (κ1) is 5.28. The van der Waals surface area contributed by atoms with Crippen molar-refractivity contribution in [2.45, 2.75) is 6.92 Å². The average Bonchev–Trinajstić information content (AvgIpc) is 1.35. The fourth-order valence-electron chi connectivity index (χ4n) is 0.214. The van der Waals surface area contributed by atoms with Gasteiger partial charge in [-0.1, -0.05) is 12.7 Å². The van der Waals surface area contributed by atoms with Gasteiger partial charge in [-0.3, -0.25) is 0 Å². The number of hydrogen-bond donors (Lipinski definition) is 1. The van der Waals surface area contributed by atoms with Crippen LogP contribution in [0.15, 0.2) is 24.4 Å². The lowest BCUT2D eigenvalue weighted by Crippen LogP contribution is -1.86. The highest BCUT2D eigenvalue weighted by Gasteiger charge is 1.63. The minimum atomic E-state index is 0.609. The van der Waals surface area contributed by atoms with Crippen LogP contribution in [0.1, 0.15) is 6.92 Å². The zero-order valence-corrected chi connectivity index (χ0v) is 3.94. The van der Waals surface area contributed by atoms with E-state index in [1.807, 2.05) is 13.0 Å². The zero-order chi connectivity index (χ0) is 4.99. The van der Waals surface area contributed by atoms with E-state index in [0.29, 0.717) is 5.70 Å². The van der Waals surface area contributed by atoms with Crippen LogP contribution in [0.25, 0.3) is 0 Å². The lowest BCUT2D eigenvalue weighted by atomic mass is 10.4. The number of rotatable bonds is 1. The fourth-order valence-corrected chi connectivity index (χ4v) is 0.214. The van der Waals surface area contributed by atoms with Crippen LogP contribution < -0.4 is 5.73 Å². The van der Waals surface area contributed by atoms with E-state index in [9.17, 15) is 0 Å². The van der Waals surface area contributed by atoms with Gasteiger partial charge in [-0.2, -0.15) is 0 Å². The van der Waals surface area contributed by atoms with Gasteiger partial charge in [0.25, 0.3) is 0 Å². The first-order chi connectivity index (χ1) is 2.77. The van der Waals surface area contributed by atoms with Gasteiger partial charge in [0.05, 0.1) is 0 Å². The van der Waals surface area contributed by atoms with E-state index in [1.165, 1.54) is 0 Å². The molecule has 0 aliphatic heterocycles. The summed E-state index contributed by atoms with van der Waals surface area (Å²) in [5.74, 6) is 0. The smallest absolute Gasteiger partial charge is 0.0237 e. The summed E-state index contributed by atoms with van der Waals surface area (Å²) in [6.07, 6.45) is 3.60. The van der Waals surface area contributed by atoms with Gasteiger partial charge in [0.15, 0.2) is 0 Å². The summed E-state index contributed by atoms with van der Waals surface area (Å²) in [5.41, 5.74) is 5.73. The van der Waals surface area contributed by atoms with E-state index in [2.05, 4.69) is 6.58 Å². The molecule has 0 saturated carbocycles. The summed E-state index contributed by atoms with van der Waals surface area (Å²) >= 11 is 0. The standard InChI is InChI=1S/C5H9N/c1-3-4-5(2)6/h3-4H,2,6H2,1H3/b4-3+. The molecular formula is C5H9N. The molecule has 1 heteroatoms. The third-order valence-corrected chi connectivity index (χ3v) is 0.381. The van der Waals surface area contributed by atoms with Gasteiger partial charge in [0, 0.05) is 5.70 Å². The Kier molecular flexibility index (Phi) is 2.21. The van der Waals surface area contributed by atoms with Crippen LogP contribution in [-0.4, -0.2) is 0 Å². The Balaban J connectivity index is 3.30. The van der Waals surface area contributed by atoms with Gasteiger partial charge >= 0.3 is 0 Å². The Morgan fingerprint density at radius 3 is 2.33 bits per heavy atom. The highest BCUT2D eigenvalue weighted by atomic mass is 14.5. The molecule has 0 atom stereocenters. The molecule has 0 aliphatic rings. The predicted octanol–water partition coefficient (Wildman–Crippen LogP) is 1.03. The minimum absolute atomic E-state index is 0.609. The molecule has 0 aromatic carbocycles. The van der Waals surface area contributed by atoms with Crippen LogP contribution in [0.2, 0.25) is 0 Å². The molecule has 0 rings (SSSR count). The Morgan fingerprint density at radius 2 is 2.33 bits per heavy atom. The first-order valence-electron chi connectivity index (χ1n) is 1.84. The first-order valence-corrected chi connectivity index (χ1v) is 1.84. The molecule has 34 valence electrons. The quantitative estimate of drug-likeness (QED) is 0.471. The van der Waals surface area contributed by atoms with Crippen molar-refractivity contribution < 1.29 is 0 Å². The number of hydrogen-bond acceptors (Lipinski definition) is 1. The highest BCUT2D eigenvalue weighted by molar-refractivity contribution is 5.07. The average molecular weight is 83.1 g/mol. The SMILES string of the molecule is C=C(N)/C=C/C. The van der Waals surface area contributed by atoms with Crippen molar-refractivity contribution >= 4 is 0 Å². The molecule has 0 aromatic rings. The lowest BCUT2D eigenvalue weighted by molar-refractivity contribution is 1.44. The molecule has 0 heterocycles. The van der Waals surface area contributed by atoms with E-state index in [1.54, 1.807) is 6.08 Å². The number of nitrogens with two attached hydrogens (primary N) is 1. The fraction of sp³-hybridized carbons (Fsp3) is 0.200. The summed E-state index contributed by atoms with van der Waals surface area (Å²) < 4.78 is 0. The van der Waals surface area contributed by atoms with Gasteiger partial charge in [-0.15, -0.1) is 0 Å². The Bertz CT molecular complexity index is 72.0. The third kappa shape index (κ3) is 3.28. The highest BCUT2D eigenvalue weighted by Crippen LogP contribution is 1.75. The van der Waals surface area contributed by atoms with Crippen molar-refractivity contribution in [3.05, 3.63) is 24.4 Å². The van der Waals surface area contributed by atoms with Gasteiger partial charge in [-0.25, -0.2) is 0 Å². The second-order valence-corrected chi connectivity index (χ2v) is 1.07. The Hall–Kier alpha value is -0.720. The van der Waals surface area contributed by atoms with Crippen LogP contribution in [0.5, 0.6) is 0 Å². The summed E-state index contributed by atoms with van der Waals surface area (Å²) in [4.78, 5) is 0. The molecule has 0 spiro atoms. The van der Waals surface area contributed by atoms with Gasteiger partial charge in [0.2, 0.25) is 0 Å². The molecular weight excluding hydrogens is 74.1 g/mol. The van der Waals surface area contributed by atoms with Crippen LogP contribution in [0, 0.1) is 0 Å².